The molecule has 3 aromatic carbocycles. The van der Waals surface area contributed by atoms with Gasteiger partial charge in [-0.2, -0.15) is 0 Å². The van der Waals surface area contributed by atoms with E-state index in [1.54, 1.807) is 35.6 Å². The SMILES string of the molecule is NC(=O)[C@@H](CC(=O)OCc1ccccc1)C1=C[N+](c2ccc(F)cc2)(N2C(=O)OC[C@@H]2Cc2ccccc2)C=C1. The molecule has 40 heavy (non-hydrogen) atoms. The Kier molecular flexibility index (Phi) is 7.75. The first-order chi connectivity index (χ1) is 19.4. The van der Waals surface area contributed by atoms with Crippen molar-refractivity contribution in [2.75, 3.05) is 6.61 Å². The third-order valence-corrected chi connectivity index (χ3v) is 7.04. The lowest BCUT2D eigenvalue weighted by atomic mass is 9.96. The summed E-state index contributed by atoms with van der Waals surface area (Å²) in [5.41, 5.74) is 8.55. The first kappa shape index (κ1) is 26.8. The maximum Gasteiger partial charge on any atom is 0.456 e. The molecule has 0 bridgehead atoms. The van der Waals surface area contributed by atoms with Crippen LogP contribution in [0, 0.1) is 11.7 Å². The number of ether oxygens (including phenoxy) is 2. The zero-order chi connectivity index (χ0) is 28.1. The second kappa shape index (κ2) is 11.5. The van der Waals surface area contributed by atoms with Crippen molar-refractivity contribution in [3.8, 4) is 0 Å². The van der Waals surface area contributed by atoms with Gasteiger partial charge in [0.25, 0.3) is 0 Å². The smallest absolute Gasteiger partial charge is 0.456 e. The van der Waals surface area contributed by atoms with Gasteiger partial charge in [-0.3, -0.25) is 9.59 Å². The molecule has 0 aliphatic carbocycles. The van der Waals surface area contributed by atoms with Crippen molar-refractivity contribution in [1.82, 2.24) is 9.60 Å². The summed E-state index contributed by atoms with van der Waals surface area (Å²) in [7, 11) is 0. The molecule has 1 saturated heterocycles. The lowest BCUT2D eigenvalue weighted by molar-refractivity contribution is -0.147. The molecule has 0 aromatic heterocycles. The highest BCUT2D eigenvalue weighted by Crippen LogP contribution is 2.39. The minimum atomic E-state index is -1.01. The Hall–Kier alpha value is -4.76. The number of hydrogen-bond donors (Lipinski definition) is 1. The fourth-order valence-corrected chi connectivity index (χ4v) is 5.05. The van der Waals surface area contributed by atoms with Crippen molar-refractivity contribution in [3.63, 3.8) is 0 Å². The maximum absolute atomic E-state index is 13.9. The monoisotopic (exact) mass is 542 g/mol. The number of amides is 2. The van der Waals surface area contributed by atoms with Gasteiger partial charge in [-0.1, -0.05) is 60.7 Å². The van der Waals surface area contributed by atoms with E-state index in [-0.39, 0.29) is 30.3 Å². The molecule has 1 fully saturated rings. The minimum Gasteiger partial charge on any atom is -0.461 e. The van der Waals surface area contributed by atoms with Crippen LogP contribution in [0.25, 0.3) is 0 Å². The molecule has 3 atom stereocenters. The van der Waals surface area contributed by atoms with E-state index >= 15 is 0 Å². The van der Waals surface area contributed by atoms with Crippen LogP contribution >= 0.6 is 0 Å². The number of quaternary nitrogens is 1. The highest BCUT2D eigenvalue weighted by atomic mass is 19.1. The van der Waals surface area contributed by atoms with Crippen LogP contribution in [0.3, 0.4) is 0 Å². The zero-order valence-electron chi connectivity index (χ0n) is 21.7. The number of rotatable bonds is 10. The average Bonchev–Trinajstić information content (AvgIpc) is 3.56. The van der Waals surface area contributed by atoms with Crippen LogP contribution in [0.1, 0.15) is 17.5 Å². The molecule has 2 aliphatic heterocycles. The summed E-state index contributed by atoms with van der Waals surface area (Å²) >= 11 is 0. The topological polar surface area (TPSA) is 98.9 Å². The number of hydrogen-bond acceptors (Lipinski definition) is 5. The summed E-state index contributed by atoms with van der Waals surface area (Å²) in [6.45, 7) is 0.216. The third kappa shape index (κ3) is 5.64. The summed E-state index contributed by atoms with van der Waals surface area (Å²) in [5.74, 6) is -2.74. The summed E-state index contributed by atoms with van der Waals surface area (Å²) in [4.78, 5) is 38.5. The number of esters is 1. The molecule has 0 spiro atoms. The Morgan fingerprint density at radius 1 is 1.00 bits per heavy atom. The highest BCUT2D eigenvalue weighted by molar-refractivity contribution is 5.86. The number of cyclic esters (lactones) is 1. The zero-order valence-corrected chi connectivity index (χ0v) is 21.7. The van der Waals surface area contributed by atoms with Gasteiger partial charge in [0.05, 0.1) is 12.3 Å². The Labute approximate surface area is 231 Å². The standard InChI is InChI=1S/C31H28FN3O5/c32-25-11-13-27(14-12-25)35(34-26(21-40-31(34)38)17-22-7-3-1-4-8-22)16-15-24(19-35)28(30(33)37)18-29(36)39-20-23-9-5-2-6-10-23/h1-16,19,26,28H,17-18,20-21H2,(H-,33,37)/p+1/t26-,28-,35?/m0/s1. The number of nitrogens with two attached hydrogens (primary N) is 1. The number of carbonyl (C=O) groups is 3. The number of primary amides is 1. The van der Waals surface area contributed by atoms with E-state index < -0.39 is 29.7 Å². The Balaban J connectivity index is 1.46. The van der Waals surface area contributed by atoms with Gasteiger partial charge in [-0.15, -0.1) is 9.60 Å². The van der Waals surface area contributed by atoms with Crippen LogP contribution in [0.2, 0.25) is 0 Å². The van der Waals surface area contributed by atoms with Crippen molar-refractivity contribution in [2.45, 2.75) is 25.5 Å². The van der Waals surface area contributed by atoms with Crippen LogP contribution in [0.4, 0.5) is 14.9 Å². The predicted octanol–water partition coefficient (Wildman–Crippen LogP) is 4.76. The van der Waals surface area contributed by atoms with Crippen LogP contribution in [0.15, 0.2) is 109 Å². The molecular formula is C31H29FN3O5+. The fraction of sp³-hybridized carbons (Fsp3) is 0.194. The molecular weight excluding hydrogens is 513 g/mol. The van der Waals surface area contributed by atoms with E-state index in [0.717, 1.165) is 11.1 Å². The normalized spacial score (nSPS) is 20.6. The molecule has 0 saturated carbocycles. The molecule has 9 heteroatoms. The van der Waals surface area contributed by atoms with Crippen LogP contribution < -0.4 is 10.3 Å². The predicted molar refractivity (Wildman–Crippen MR) is 146 cm³/mol. The minimum absolute atomic E-state index is 0.0659. The molecule has 2 amide bonds. The summed E-state index contributed by atoms with van der Waals surface area (Å²) in [6, 6.07) is 24.2. The van der Waals surface area contributed by atoms with Crippen molar-refractivity contribution in [3.05, 3.63) is 126 Å². The van der Waals surface area contributed by atoms with Gasteiger partial charge in [0.1, 0.15) is 37.5 Å². The lowest BCUT2D eigenvalue weighted by Gasteiger charge is -2.37. The Morgan fingerprint density at radius 2 is 1.65 bits per heavy atom. The van der Waals surface area contributed by atoms with Crippen molar-refractivity contribution in [1.29, 1.82) is 0 Å². The van der Waals surface area contributed by atoms with Crippen molar-refractivity contribution < 1.29 is 28.2 Å². The molecule has 204 valence electrons. The lowest BCUT2D eigenvalue weighted by Crippen LogP contribution is -2.58. The van der Waals surface area contributed by atoms with E-state index in [4.69, 9.17) is 15.2 Å². The quantitative estimate of drug-likeness (QED) is 0.294. The number of benzene rings is 3. The first-order valence-corrected chi connectivity index (χ1v) is 12.9. The van der Waals surface area contributed by atoms with Crippen LogP contribution in [-0.4, -0.2) is 35.6 Å². The summed E-state index contributed by atoms with van der Waals surface area (Å²) < 4.78 is 24.5. The van der Waals surface area contributed by atoms with E-state index in [9.17, 15) is 18.8 Å². The molecule has 5 rings (SSSR count). The molecule has 3 aromatic rings. The maximum atomic E-state index is 13.9. The second-order valence-corrected chi connectivity index (χ2v) is 9.73. The Morgan fingerprint density at radius 3 is 2.30 bits per heavy atom. The van der Waals surface area contributed by atoms with E-state index in [1.807, 2.05) is 60.7 Å². The van der Waals surface area contributed by atoms with Crippen LogP contribution in [-0.2, 0) is 32.1 Å². The number of nitrogens with zero attached hydrogens (tertiary/aromatic N) is 2. The second-order valence-electron chi connectivity index (χ2n) is 9.73. The highest BCUT2D eigenvalue weighted by Gasteiger charge is 2.51. The van der Waals surface area contributed by atoms with Gasteiger partial charge in [-0.05, 0) is 23.3 Å². The van der Waals surface area contributed by atoms with Gasteiger partial charge in [-0.25, -0.2) is 9.18 Å². The van der Waals surface area contributed by atoms with Crippen LogP contribution in [0.5, 0.6) is 0 Å². The van der Waals surface area contributed by atoms with Gasteiger partial charge in [0.2, 0.25) is 5.91 Å². The van der Waals surface area contributed by atoms with Crippen molar-refractivity contribution >= 4 is 23.7 Å². The number of carbonyl (C=O) groups excluding carboxylic acids is 3. The number of halogens is 1. The summed E-state index contributed by atoms with van der Waals surface area (Å²) in [6.07, 6.45) is 4.71. The molecule has 2 aliphatic rings. The fourth-order valence-electron chi connectivity index (χ4n) is 5.05. The third-order valence-electron chi connectivity index (χ3n) is 7.04. The van der Waals surface area contributed by atoms with E-state index in [2.05, 4.69) is 0 Å². The molecule has 1 unspecified atom stereocenters. The van der Waals surface area contributed by atoms with Gasteiger partial charge < -0.3 is 15.2 Å². The van der Waals surface area contributed by atoms with Gasteiger partial charge >= 0.3 is 12.1 Å². The summed E-state index contributed by atoms with van der Waals surface area (Å²) in [5, 5.41) is 1.55. The molecule has 0 radical (unpaired) electrons. The number of allylic oxidation sites excluding steroid dienone is 1. The van der Waals surface area contributed by atoms with Gasteiger partial charge in [0, 0.05) is 30.2 Å². The molecule has 2 N–H and O–H groups in total. The largest absolute Gasteiger partial charge is 0.461 e. The van der Waals surface area contributed by atoms with E-state index in [0.29, 0.717) is 17.7 Å². The van der Waals surface area contributed by atoms with Crippen molar-refractivity contribution in [2.24, 2.45) is 11.7 Å². The molecule has 2 heterocycles. The van der Waals surface area contributed by atoms with E-state index in [1.165, 1.54) is 12.1 Å². The van der Waals surface area contributed by atoms with Gasteiger partial charge in [0.15, 0.2) is 5.69 Å². The first-order valence-electron chi connectivity index (χ1n) is 12.9. The average molecular weight is 543 g/mol. The molecule has 8 nitrogen and oxygen atoms in total. The Bertz CT molecular complexity index is 1440.